The van der Waals surface area contributed by atoms with Gasteiger partial charge in [0.25, 0.3) is 0 Å². The quantitative estimate of drug-likeness (QED) is 0.831. The zero-order valence-corrected chi connectivity index (χ0v) is 12.7. The molecular weight excluding hydrogens is 333 g/mol. The highest BCUT2D eigenvalue weighted by Crippen LogP contribution is 2.35. The van der Waals surface area contributed by atoms with Crippen LogP contribution in [0.25, 0.3) is 10.9 Å². The lowest BCUT2D eigenvalue weighted by Crippen LogP contribution is -2.11. The van der Waals surface area contributed by atoms with Crippen molar-refractivity contribution in [2.75, 3.05) is 11.9 Å². The molecule has 2 rings (SSSR count). The average Bonchev–Trinajstić information content (AvgIpc) is 2.39. The van der Waals surface area contributed by atoms with Gasteiger partial charge in [0.05, 0.1) is 5.52 Å². The Morgan fingerprint density at radius 1 is 1.30 bits per heavy atom. The molecular formula is C14H14BrF3N2. The Hall–Kier alpha value is -1.30. The Labute approximate surface area is 123 Å². The maximum Gasteiger partial charge on any atom is 0.433 e. The summed E-state index contributed by atoms with van der Waals surface area (Å²) < 4.78 is 39.6. The van der Waals surface area contributed by atoms with E-state index in [0.717, 1.165) is 17.0 Å². The summed E-state index contributed by atoms with van der Waals surface area (Å²) >= 11 is 3.33. The number of rotatable bonds is 3. The standard InChI is InChI=1S/C14H14BrF3N2/c1-3-6-19-11-7-12(14(16,17)18)20-13-8(2)10(15)5-4-9(11)13/h4-5,7H,3,6H2,1-2H3,(H,19,20). The number of hydrogen-bond acceptors (Lipinski definition) is 2. The van der Waals surface area contributed by atoms with E-state index in [-0.39, 0.29) is 0 Å². The van der Waals surface area contributed by atoms with Gasteiger partial charge in [-0.1, -0.05) is 22.9 Å². The fourth-order valence-corrected chi connectivity index (χ4v) is 2.28. The van der Waals surface area contributed by atoms with Crippen molar-refractivity contribution in [1.82, 2.24) is 4.98 Å². The maximum atomic E-state index is 12.9. The lowest BCUT2D eigenvalue weighted by Gasteiger charge is -2.14. The van der Waals surface area contributed by atoms with Crippen molar-refractivity contribution in [2.24, 2.45) is 0 Å². The number of hydrogen-bond donors (Lipinski definition) is 1. The van der Waals surface area contributed by atoms with E-state index in [4.69, 9.17) is 0 Å². The summed E-state index contributed by atoms with van der Waals surface area (Å²) in [6, 6.07) is 4.67. The van der Waals surface area contributed by atoms with E-state index in [1.54, 1.807) is 13.0 Å². The summed E-state index contributed by atoms with van der Waals surface area (Å²) in [7, 11) is 0. The van der Waals surface area contributed by atoms with Crippen LogP contribution in [0.5, 0.6) is 0 Å². The first-order valence-corrected chi connectivity index (χ1v) is 7.04. The van der Waals surface area contributed by atoms with Gasteiger partial charge in [0, 0.05) is 22.1 Å². The van der Waals surface area contributed by atoms with Gasteiger partial charge in [0.15, 0.2) is 0 Å². The first-order valence-electron chi connectivity index (χ1n) is 6.25. The van der Waals surface area contributed by atoms with Gasteiger partial charge >= 0.3 is 6.18 Å². The molecule has 0 radical (unpaired) electrons. The third kappa shape index (κ3) is 2.90. The molecule has 108 valence electrons. The molecule has 0 atom stereocenters. The summed E-state index contributed by atoms with van der Waals surface area (Å²) in [6.45, 7) is 4.33. The number of halogens is 4. The van der Waals surface area contributed by atoms with Gasteiger partial charge < -0.3 is 5.32 Å². The molecule has 0 amide bonds. The molecule has 0 unspecified atom stereocenters. The summed E-state index contributed by atoms with van der Waals surface area (Å²) in [4.78, 5) is 3.78. The molecule has 2 aromatic rings. The van der Waals surface area contributed by atoms with Crippen LogP contribution < -0.4 is 5.32 Å². The SMILES string of the molecule is CCCNc1cc(C(F)(F)F)nc2c(C)c(Br)ccc12. The molecule has 0 aliphatic heterocycles. The largest absolute Gasteiger partial charge is 0.433 e. The van der Waals surface area contributed by atoms with Crippen molar-refractivity contribution in [3.05, 3.63) is 33.9 Å². The minimum absolute atomic E-state index is 0.368. The molecule has 0 saturated carbocycles. The molecule has 0 fully saturated rings. The topological polar surface area (TPSA) is 24.9 Å². The van der Waals surface area contributed by atoms with Crippen molar-refractivity contribution in [3.63, 3.8) is 0 Å². The van der Waals surface area contributed by atoms with Crippen molar-refractivity contribution < 1.29 is 13.2 Å². The molecule has 2 nitrogen and oxygen atoms in total. The normalized spacial score (nSPS) is 11.9. The molecule has 1 aromatic heterocycles. The molecule has 1 heterocycles. The minimum Gasteiger partial charge on any atom is -0.384 e. The number of aryl methyl sites for hydroxylation is 1. The molecule has 20 heavy (non-hydrogen) atoms. The van der Waals surface area contributed by atoms with E-state index >= 15 is 0 Å². The fourth-order valence-electron chi connectivity index (χ4n) is 1.96. The van der Waals surface area contributed by atoms with Gasteiger partial charge in [0.2, 0.25) is 0 Å². The Kier molecular flexibility index (Phi) is 4.22. The van der Waals surface area contributed by atoms with E-state index in [1.165, 1.54) is 0 Å². The number of nitrogens with one attached hydrogen (secondary N) is 1. The minimum atomic E-state index is -4.45. The second kappa shape index (κ2) is 5.60. The zero-order chi connectivity index (χ0) is 14.9. The third-order valence-electron chi connectivity index (χ3n) is 3.02. The van der Waals surface area contributed by atoms with Crippen molar-refractivity contribution in [3.8, 4) is 0 Å². The van der Waals surface area contributed by atoms with Crippen LogP contribution in [0.2, 0.25) is 0 Å². The van der Waals surface area contributed by atoms with Crippen molar-refractivity contribution >= 4 is 32.5 Å². The van der Waals surface area contributed by atoms with Crippen LogP contribution >= 0.6 is 15.9 Å². The number of nitrogens with zero attached hydrogens (tertiary/aromatic N) is 1. The number of fused-ring (bicyclic) bond motifs is 1. The van der Waals surface area contributed by atoms with Crippen LogP contribution in [-0.2, 0) is 6.18 Å². The van der Waals surface area contributed by atoms with E-state index < -0.39 is 11.9 Å². The van der Waals surface area contributed by atoms with Gasteiger partial charge in [-0.2, -0.15) is 13.2 Å². The highest BCUT2D eigenvalue weighted by atomic mass is 79.9. The van der Waals surface area contributed by atoms with Crippen LogP contribution in [0.4, 0.5) is 18.9 Å². The number of anilines is 1. The van der Waals surface area contributed by atoms with Crippen LogP contribution in [0.1, 0.15) is 24.6 Å². The smallest absolute Gasteiger partial charge is 0.384 e. The molecule has 1 aromatic carbocycles. The van der Waals surface area contributed by atoms with Gasteiger partial charge in [-0.05, 0) is 37.1 Å². The number of pyridine rings is 1. The Balaban J connectivity index is 2.71. The Morgan fingerprint density at radius 3 is 2.60 bits per heavy atom. The highest BCUT2D eigenvalue weighted by Gasteiger charge is 2.33. The molecule has 1 N–H and O–H groups in total. The highest BCUT2D eigenvalue weighted by molar-refractivity contribution is 9.10. The molecule has 6 heteroatoms. The molecule has 0 aliphatic carbocycles. The van der Waals surface area contributed by atoms with E-state index in [1.807, 2.05) is 13.0 Å². The van der Waals surface area contributed by atoms with Gasteiger partial charge in [-0.3, -0.25) is 0 Å². The molecule has 0 saturated heterocycles. The second-order valence-electron chi connectivity index (χ2n) is 4.55. The Morgan fingerprint density at radius 2 is 2.00 bits per heavy atom. The molecule has 0 aliphatic rings. The van der Waals surface area contributed by atoms with E-state index in [0.29, 0.717) is 28.7 Å². The first kappa shape index (κ1) is 15.1. The summed E-state index contributed by atoms with van der Waals surface area (Å²) in [5.74, 6) is 0. The third-order valence-corrected chi connectivity index (χ3v) is 3.88. The zero-order valence-electron chi connectivity index (χ0n) is 11.1. The van der Waals surface area contributed by atoms with Crippen LogP contribution in [0, 0.1) is 6.92 Å². The fraction of sp³-hybridized carbons (Fsp3) is 0.357. The van der Waals surface area contributed by atoms with Crippen LogP contribution in [-0.4, -0.2) is 11.5 Å². The van der Waals surface area contributed by atoms with E-state index in [2.05, 4.69) is 26.2 Å². The van der Waals surface area contributed by atoms with Crippen molar-refractivity contribution in [2.45, 2.75) is 26.4 Å². The first-order chi connectivity index (χ1) is 9.34. The van der Waals surface area contributed by atoms with E-state index in [9.17, 15) is 13.2 Å². The van der Waals surface area contributed by atoms with Crippen LogP contribution in [0.15, 0.2) is 22.7 Å². The molecule has 0 spiro atoms. The molecule has 0 bridgehead atoms. The summed E-state index contributed by atoms with van der Waals surface area (Å²) in [5.41, 5.74) is 0.672. The monoisotopic (exact) mass is 346 g/mol. The maximum absolute atomic E-state index is 12.9. The lowest BCUT2D eigenvalue weighted by atomic mass is 10.1. The van der Waals surface area contributed by atoms with Crippen molar-refractivity contribution in [1.29, 1.82) is 0 Å². The number of alkyl halides is 3. The summed E-state index contributed by atoms with van der Waals surface area (Å²) in [6.07, 6.45) is -3.62. The second-order valence-corrected chi connectivity index (χ2v) is 5.40. The lowest BCUT2D eigenvalue weighted by molar-refractivity contribution is -0.140. The summed E-state index contributed by atoms with van der Waals surface area (Å²) in [5, 5.41) is 3.74. The van der Waals surface area contributed by atoms with Gasteiger partial charge in [-0.15, -0.1) is 0 Å². The van der Waals surface area contributed by atoms with Crippen LogP contribution in [0.3, 0.4) is 0 Å². The number of aromatic nitrogens is 1. The van der Waals surface area contributed by atoms with Gasteiger partial charge in [0.1, 0.15) is 5.69 Å². The predicted octanol–water partition coefficient (Wildman–Crippen LogP) is 5.15. The Bertz CT molecular complexity index is 638. The average molecular weight is 347 g/mol. The van der Waals surface area contributed by atoms with Gasteiger partial charge in [-0.25, -0.2) is 4.98 Å². The predicted molar refractivity (Wildman–Crippen MR) is 78.0 cm³/mol. The number of benzene rings is 1.